The summed E-state index contributed by atoms with van der Waals surface area (Å²) in [5, 5.41) is 8.75. The van der Waals surface area contributed by atoms with E-state index in [1.165, 1.54) is 22.7 Å². The Balaban J connectivity index is 1.56. The third kappa shape index (κ3) is 4.01. The van der Waals surface area contributed by atoms with Gasteiger partial charge in [-0.15, -0.1) is 0 Å². The van der Waals surface area contributed by atoms with Gasteiger partial charge in [-0.1, -0.05) is 30.3 Å². The number of carbonyl (C=O) groups is 2. The fourth-order valence-electron chi connectivity index (χ4n) is 2.80. The number of carbonyl (C=O) groups excluding carboxylic acids is 2. The summed E-state index contributed by atoms with van der Waals surface area (Å²) in [6.45, 7) is 1.76. The van der Waals surface area contributed by atoms with Crippen molar-refractivity contribution in [2.45, 2.75) is 6.42 Å². The molecule has 1 aliphatic heterocycles. The van der Waals surface area contributed by atoms with Crippen LogP contribution in [-0.2, 0) is 11.2 Å². The summed E-state index contributed by atoms with van der Waals surface area (Å²) in [6.07, 6.45) is 2.19. The minimum Gasteiger partial charge on any atom is -0.339 e. The zero-order chi connectivity index (χ0) is 17.6. The average molecular weight is 334 g/mol. The summed E-state index contributed by atoms with van der Waals surface area (Å²) in [6, 6.07) is 15.0. The second kappa shape index (κ2) is 7.58. The maximum absolute atomic E-state index is 12.5. The van der Waals surface area contributed by atoms with Crippen LogP contribution in [0.3, 0.4) is 0 Å². The van der Waals surface area contributed by atoms with Gasteiger partial charge in [-0.05, 0) is 24.1 Å². The van der Waals surface area contributed by atoms with Crippen LogP contribution in [0.4, 0.5) is 0 Å². The molecule has 1 aromatic carbocycles. The number of nitrogens with zero attached hydrogens (tertiary/aromatic N) is 4. The predicted octanol–water partition coefficient (Wildman–Crippen LogP) is 1.48. The van der Waals surface area contributed by atoms with E-state index in [9.17, 15) is 9.59 Å². The van der Waals surface area contributed by atoms with Crippen LogP contribution in [0, 0.1) is 11.3 Å². The first-order valence-electron chi connectivity index (χ1n) is 8.14. The molecule has 1 aliphatic rings. The molecule has 3 rings (SSSR count). The van der Waals surface area contributed by atoms with Crippen LogP contribution >= 0.6 is 0 Å². The number of pyridine rings is 1. The molecular weight excluding hydrogens is 316 g/mol. The van der Waals surface area contributed by atoms with E-state index in [1.54, 1.807) is 11.0 Å². The maximum Gasteiger partial charge on any atom is 0.255 e. The van der Waals surface area contributed by atoms with Crippen LogP contribution in [0.15, 0.2) is 48.7 Å². The molecule has 2 amide bonds. The summed E-state index contributed by atoms with van der Waals surface area (Å²) in [5.74, 6) is -0.273. The Bertz CT molecular complexity index is 796. The van der Waals surface area contributed by atoms with Crippen molar-refractivity contribution in [3.63, 3.8) is 0 Å². The van der Waals surface area contributed by atoms with Crippen LogP contribution in [0.2, 0.25) is 0 Å². The monoisotopic (exact) mass is 334 g/mol. The van der Waals surface area contributed by atoms with Crippen LogP contribution in [0.5, 0.6) is 0 Å². The van der Waals surface area contributed by atoms with E-state index in [4.69, 9.17) is 5.26 Å². The molecular formula is C19H18N4O2. The number of nitriles is 1. The first-order valence-corrected chi connectivity index (χ1v) is 8.14. The lowest BCUT2D eigenvalue weighted by atomic mass is 10.1. The van der Waals surface area contributed by atoms with E-state index in [0.717, 1.165) is 6.42 Å². The second-order valence-electron chi connectivity index (χ2n) is 5.89. The van der Waals surface area contributed by atoms with Crippen molar-refractivity contribution in [2.24, 2.45) is 0 Å². The van der Waals surface area contributed by atoms with Crippen molar-refractivity contribution >= 4 is 11.8 Å². The lowest BCUT2D eigenvalue weighted by molar-refractivity contribution is -0.134. The van der Waals surface area contributed by atoms with E-state index in [0.29, 0.717) is 25.2 Å². The zero-order valence-electron chi connectivity index (χ0n) is 13.8. The van der Waals surface area contributed by atoms with Crippen molar-refractivity contribution in [3.8, 4) is 6.07 Å². The van der Waals surface area contributed by atoms with Gasteiger partial charge in [0, 0.05) is 25.8 Å². The molecule has 25 heavy (non-hydrogen) atoms. The smallest absolute Gasteiger partial charge is 0.255 e. The number of piperazine rings is 1. The molecule has 0 unspecified atom stereocenters. The summed E-state index contributed by atoms with van der Waals surface area (Å²) in [5.41, 5.74) is 1.85. The Morgan fingerprint density at radius 3 is 2.60 bits per heavy atom. The van der Waals surface area contributed by atoms with Crippen molar-refractivity contribution < 1.29 is 9.59 Å². The highest BCUT2D eigenvalue weighted by molar-refractivity contribution is 5.96. The molecule has 0 saturated carbocycles. The number of amides is 2. The highest BCUT2D eigenvalue weighted by Gasteiger charge is 2.27. The molecule has 1 aromatic heterocycles. The fraction of sp³-hybridized carbons (Fsp3) is 0.263. The third-order valence-electron chi connectivity index (χ3n) is 4.24. The molecule has 6 nitrogen and oxygen atoms in total. The average Bonchev–Trinajstić information content (AvgIpc) is 2.67. The van der Waals surface area contributed by atoms with Crippen molar-refractivity contribution in [3.05, 3.63) is 65.5 Å². The van der Waals surface area contributed by atoms with Crippen molar-refractivity contribution in [2.75, 3.05) is 26.2 Å². The number of aromatic nitrogens is 1. The predicted molar refractivity (Wildman–Crippen MR) is 91.6 cm³/mol. The van der Waals surface area contributed by atoms with Gasteiger partial charge in [0.05, 0.1) is 5.56 Å². The Kier molecular flexibility index (Phi) is 5.05. The molecule has 0 N–H and O–H groups in total. The van der Waals surface area contributed by atoms with Crippen molar-refractivity contribution in [1.29, 1.82) is 5.26 Å². The van der Waals surface area contributed by atoms with Crippen LogP contribution in [0.1, 0.15) is 21.6 Å². The Morgan fingerprint density at radius 1 is 1.16 bits per heavy atom. The van der Waals surface area contributed by atoms with E-state index >= 15 is 0 Å². The molecule has 126 valence electrons. The van der Waals surface area contributed by atoms with Crippen LogP contribution < -0.4 is 0 Å². The Labute approximate surface area is 146 Å². The number of rotatable bonds is 4. The van der Waals surface area contributed by atoms with Gasteiger partial charge in [-0.3, -0.25) is 9.59 Å². The summed E-state index contributed by atoms with van der Waals surface area (Å²) < 4.78 is 0. The van der Waals surface area contributed by atoms with E-state index in [1.807, 2.05) is 36.4 Å². The fourth-order valence-corrected chi connectivity index (χ4v) is 2.80. The van der Waals surface area contributed by atoms with Crippen LogP contribution in [0.25, 0.3) is 0 Å². The minimum atomic E-state index is -0.229. The Hall–Kier alpha value is -3.20. The van der Waals surface area contributed by atoms with Gasteiger partial charge in [0.15, 0.2) is 0 Å². The largest absolute Gasteiger partial charge is 0.339 e. The summed E-state index contributed by atoms with van der Waals surface area (Å²) in [4.78, 5) is 32.0. The highest BCUT2D eigenvalue weighted by Crippen LogP contribution is 2.11. The molecule has 1 fully saturated rings. The SMILES string of the molecule is N#Cc1ccc(C(=O)N2CCN(CCc3ccccc3)C(=O)C2)cn1. The van der Waals surface area contributed by atoms with Crippen molar-refractivity contribution in [1.82, 2.24) is 14.8 Å². The normalized spacial score (nSPS) is 14.3. The van der Waals surface area contributed by atoms with Gasteiger partial charge < -0.3 is 9.80 Å². The summed E-state index contributed by atoms with van der Waals surface area (Å²) in [7, 11) is 0. The van der Waals surface area contributed by atoms with Gasteiger partial charge in [0.1, 0.15) is 18.3 Å². The molecule has 0 bridgehead atoms. The molecule has 0 spiro atoms. The lowest BCUT2D eigenvalue weighted by Gasteiger charge is -2.34. The van der Waals surface area contributed by atoms with Gasteiger partial charge in [0.2, 0.25) is 5.91 Å². The third-order valence-corrected chi connectivity index (χ3v) is 4.24. The van der Waals surface area contributed by atoms with Gasteiger partial charge in [-0.2, -0.15) is 5.26 Å². The molecule has 6 heteroatoms. The number of hydrogen-bond acceptors (Lipinski definition) is 4. The quantitative estimate of drug-likeness (QED) is 0.848. The number of hydrogen-bond donors (Lipinski definition) is 0. The molecule has 0 atom stereocenters. The molecule has 0 radical (unpaired) electrons. The maximum atomic E-state index is 12.5. The second-order valence-corrected chi connectivity index (χ2v) is 5.89. The van der Waals surface area contributed by atoms with E-state index < -0.39 is 0 Å². The van der Waals surface area contributed by atoms with E-state index in [2.05, 4.69) is 4.98 Å². The van der Waals surface area contributed by atoms with Gasteiger partial charge >= 0.3 is 0 Å². The molecule has 2 heterocycles. The standard InChI is InChI=1S/C19H18N4O2/c20-12-17-7-6-16(13-21-17)19(25)23-11-10-22(18(24)14-23)9-8-15-4-2-1-3-5-15/h1-7,13H,8-11,14H2. The lowest BCUT2D eigenvalue weighted by Crippen LogP contribution is -2.52. The zero-order valence-corrected chi connectivity index (χ0v) is 13.8. The first-order chi connectivity index (χ1) is 12.2. The van der Waals surface area contributed by atoms with Crippen LogP contribution in [-0.4, -0.2) is 52.8 Å². The molecule has 1 saturated heterocycles. The van der Waals surface area contributed by atoms with Gasteiger partial charge in [0.25, 0.3) is 5.91 Å². The highest BCUT2D eigenvalue weighted by atomic mass is 16.2. The number of benzene rings is 1. The topological polar surface area (TPSA) is 77.3 Å². The summed E-state index contributed by atoms with van der Waals surface area (Å²) >= 11 is 0. The first kappa shape index (κ1) is 16.7. The minimum absolute atomic E-state index is 0.0443. The Morgan fingerprint density at radius 2 is 1.96 bits per heavy atom. The molecule has 0 aliphatic carbocycles. The molecule has 2 aromatic rings. The van der Waals surface area contributed by atoms with E-state index in [-0.39, 0.29) is 24.1 Å². The van der Waals surface area contributed by atoms with Gasteiger partial charge in [-0.25, -0.2) is 4.98 Å².